The van der Waals surface area contributed by atoms with E-state index in [1.54, 1.807) is 0 Å². The summed E-state index contributed by atoms with van der Waals surface area (Å²) >= 11 is 3.09. The first kappa shape index (κ1) is 14.5. The van der Waals surface area contributed by atoms with Crippen molar-refractivity contribution in [2.45, 2.75) is 4.90 Å². The maximum atomic E-state index is 13.6. The van der Waals surface area contributed by atoms with Gasteiger partial charge in [0.05, 0.1) is 22.2 Å². The van der Waals surface area contributed by atoms with Gasteiger partial charge in [-0.15, -0.1) is 0 Å². The van der Waals surface area contributed by atoms with Gasteiger partial charge in [-0.25, -0.2) is 12.8 Å². The van der Waals surface area contributed by atoms with Gasteiger partial charge in [0, 0.05) is 4.47 Å². The molecule has 0 fully saturated rings. The first-order chi connectivity index (χ1) is 9.42. The predicted octanol–water partition coefficient (Wildman–Crippen LogP) is 3.26. The summed E-state index contributed by atoms with van der Waals surface area (Å²) in [7, 11) is -3.89. The molecule has 1 N–H and O–H groups in total. The molecule has 0 saturated heterocycles. The molecule has 0 atom stereocenters. The third-order valence-electron chi connectivity index (χ3n) is 2.47. The van der Waals surface area contributed by atoms with Crippen molar-refractivity contribution in [3.05, 3.63) is 58.3 Å². The Kier molecular flexibility index (Phi) is 4.06. The van der Waals surface area contributed by atoms with E-state index in [9.17, 15) is 12.8 Å². The zero-order valence-corrected chi connectivity index (χ0v) is 12.4. The number of nitrogens with zero attached hydrogens (tertiary/aromatic N) is 1. The van der Waals surface area contributed by atoms with Crippen LogP contribution in [0.4, 0.5) is 10.1 Å². The molecule has 0 spiro atoms. The lowest BCUT2D eigenvalue weighted by molar-refractivity contribution is 0.598. The molecular weight excluding hydrogens is 347 g/mol. The molecule has 4 nitrogen and oxygen atoms in total. The lowest BCUT2D eigenvalue weighted by Gasteiger charge is -2.09. The lowest BCUT2D eigenvalue weighted by Crippen LogP contribution is -2.13. The molecule has 0 bridgehead atoms. The van der Waals surface area contributed by atoms with E-state index < -0.39 is 15.8 Å². The van der Waals surface area contributed by atoms with Gasteiger partial charge < -0.3 is 0 Å². The van der Waals surface area contributed by atoms with Crippen LogP contribution >= 0.6 is 15.9 Å². The average molecular weight is 355 g/mol. The van der Waals surface area contributed by atoms with Crippen LogP contribution in [0.1, 0.15) is 5.56 Å². The molecule has 0 aliphatic carbocycles. The van der Waals surface area contributed by atoms with E-state index in [4.69, 9.17) is 5.26 Å². The summed E-state index contributed by atoms with van der Waals surface area (Å²) in [6.07, 6.45) is 0. The van der Waals surface area contributed by atoms with E-state index in [-0.39, 0.29) is 10.6 Å². The largest absolute Gasteiger partial charge is 0.277 e. The van der Waals surface area contributed by atoms with Crippen molar-refractivity contribution in [3.8, 4) is 6.07 Å². The van der Waals surface area contributed by atoms with Crippen LogP contribution in [0.2, 0.25) is 0 Å². The average Bonchev–Trinajstić information content (AvgIpc) is 2.42. The van der Waals surface area contributed by atoms with E-state index in [1.165, 1.54) is 36.4 Å². The number of benzene rings is 2. The number of hydrogen-bond donors (Lipinski definition) is 1. The maximum absolute atomic E-state index is 13.6. The van der Waals surface area contributed by atoms with Crippen LogP contribution in [0.25, 0.3) is 0 Å². The fourth-order valence-electron chi connectivity index (χ4n) is 1.48. The fourth-order valence-corrected chi connectivity index (χ4v) is 2.89. The van der Waals surface area contributed by atoms with Crippen molar-refractivity contribution in [1.82, 2.24) is 0 Å². The SMILES string of the molecule is N#Cc1ccc(S(=O)(=O)Nc2ccc(Br)cc2F)cc1. The zero-order valence-electron chi connectivity index (χ0n) is 9.97. The first-order valence-electron chi connectivity index (χ1n) is 5.40. The second-order valence-corrected chi connectivity index (χ2v) is 6.46. The molecule has 0 amide bonds. The second-order valence-electron chi connectivity index (χ2n) is 3.87. The van der Waals surface area contributed by atoms with Gasteiger partial charge in [-0.05, 0) is 42.5 Å². The summed E-state index contributed by atoms with van der Waals surface area (Å²) in [5, 5.41) is 8.66. The van der Waals surface area contributed by atoms with Crippen molar-refractivity contribution >= 4 is 31.6 Å². The molecule has 0 heterocycles. The Morgan fingerprint density at radius 1 is 1.15 bits per heavy atom. The summed E-state index contributed by atoms with van der Waals surface area (Å²) in [5.41, 5.74) is 0.205. The van der Waals surface area contributed by atoms with Gasteiger partial charge in [-0.3, -0.25) is 4.72 Å². The number of anilines is 1. The second kappa shape index (κ2) is 5.61. The highest BCUT2D eigenvalue weighted by atomic mass is 79.9. The van der Waals surface area contributed by atoms with Crippen LogP contribution in [0.5, 0.6) is 0 Å². The molecule has 2 aromatic rings. The maximum Gasteiger partial charge on any atom is 0.261 e. The molecule has 0 aliphatic rings. The highest BCUT2D eigenvalue weighted by Crippen LogP contribution is 2.22. The molecule has 20 heavy (non-hydrogen) atoms. The van der Waals surface area contributed by atoms with Gasteiger partial charge in [0.1, 0.15) is 5.82 Å². The normalized spacial score (nSPS) is 10.8. The Bertz CT molecular complexity index is 783. The summed E-state index contributed by atoms with van der Waals surface area (Å²) in [5.74, 6) is -0.684. The Hall–Kier alpha value is -1.91. The quantitative estimate of drug-likeness (QED) is 0.919. The monoisotopic (exact) mass is 354 g/mol. The van der Waals surface area contributed by atoms with Gasteiger partial charge in [0.2, 0.25) is 0 Å². The number of sulfonamides is 1. The molecule has 0 unspecified atom stereocenters. The number of nitrogens with one attached hydrogen (secondary N) is 1. The topological polar surface area (TPSA) is 70.0 Å². The molecule has 7 heteroatoms. The Morgan fingerprint density at radius 2 is 1.80 bits per heavy atom. The van der Waals surface area contributed by atoms with E-state index >= 15 is 0 Å². The smallest absolute Gasteiger partial charge is 0.261 e. The molecule has 102 valence electrons. The molecular formula is C13H8BrFN2O2S. The Balaban J connectivity index is 2.33. The number of nitriles is 1. The summed E-state index contributed by atoms with van der Waals surface area (Å²) in [6.45, 7) is 0. The van der Waals surface area contributed by atoms with Gasteiger partial charge >= 0.3 is 0 Å². The summed E-state index contributed by atoms with van der Waals surface area (Å²) in [4.78, 5) is -0.0428. The molecule has 0 aliphatic heterocycles. The van der Waals surface area contributed by atoms with Crippen molar-refractivity contribution in [1.29, 1.82) is 5.26 Å². The lowest BCUT2D eigenvalue weighted by atomic mass is 10.2. The summed E-state index contributed by atoms with van der Waals surface area (Å²) < 4.78 is 40.4. The molecule has 0 aromatic heterocycles. The Labute approximate surface area is 124 Å². The summed E-state index contributed by atoms with van der Waals surface area (Å²) in [6, 6.07) is 11.2. The van der Waals surface area contributed by atoms with Crippen LogP contribution < -0.4 is 4.72 Å². The fraction of sp³-hybridized carbons (Fsp3) is 0. The van der Waals surface area contributed by atoms with Crippen LogP contribution in [0, 0.1) is 17.1 Å². The highest BCUT2D eigenvalue weighted by Gasteiger charge is 2.16. The van der Waals surface area contributed by atoms with Crippen molar-refractivity contribution in [2.75, 3.05) is 4.72 Å². The minimum absolute atomic E-state index is 0.0428. The van der Waals surface area contributed by atoms with Crippen LogP contribution in [0.3, 0.4) is 0 Å². The minimum Gasteiger partial charge on any atom is -0.277 e. The Morgan fingerprint density at radius 3 is 2.35 bits per heavy atom. The number of halogens is 2. The molecule has 0 radical (unpaired) electrons. The standard InChI is InChI=1S/C13H8BrFN2O2S/c14-10-3-6-13(12(15)7-10)17-20(18,19)11-4-1-9(8-16)2-5-11/h1-7,17H. The van der Waals surface area contributed by atoms with Crippen LogP contribution in [-0.2, 0) is 10.0 Å². The molecule has 0 saturated carbocycles. The van der Waals surface area contributed by atoms with E-state index in [2.05, 4.69) is 20.7 Å². The van der Waals surface area contributed by atoms with Crippen LogP contribution in [0.15, 0.2) is 51.8 Å². The highest BCUT2D eigenvalue weighted by molar-refractivity contribution is 9.10. The van der Waals surface area contributed by atoms with Crippen molar-refractivity contribution < 1.29 is 12.8 Å². The molecule has 2 rings (SSSR count). The first-order valence-corrected chi connectivity index (χ1v) is 7.68. The molecule has 2 aromatic carbocycles. The third kappa shape index (κ3) is 3.15. The number of rotatable bonds is 3. The third-order valence-corrected chi connectivity index (χ3v) is 4.34. The van der Waals surface area contributed by atoms with Crippen LogP contribution in [-0.4, -0.2) is 8.42 Å². The van der Waals surface area contributed by atoms with E-state index in [1.807, 2.05) is 6.07 Å². The van der Waals surface area contributed by atoms with E-state index in [0.717, 1.165) is 6.07 Å². The minimum atomic E-state index is -3.89. The van der Waals surface area contributed by atoms with Gasteiger partial charge in [-0.2, -0.15) is 5.26 Å². The predicted molar refractivity (Wildman–Crippen MR) is 76.1 cm³/mol. The van der Waals surface area contributed by atoms with Crippen molar-refractivity contribution in [2.24, 2.45) is 0 Å². The zero-order chi connectivity index (χ0) is 14.8. The number of hydrogen-bond acceptors (Lipinski definition) is 3. The van der Waals surface area contributed by atoms with Gasteiger partial charge in [-0.1, -0.05) is 15.9 Å². The van der Waals surface area contributed by atoms with Gasteiger partial charge in [0.25, 0.3) is 10.0 Å². The van der Waals surface area contributed by atoms with Crippen molar-refractivity contribution in [3.63, 3.8) is 0 Å². The van der Waals surface area contributed by atoms with Gasteiger partial charge in [0.15, 0.2) is 0 Å². The van der Waals surface area contributed by atoms with E-state index in [0.29, 0.717) is 10.0 Å².